The first kappa shape index (κ1) is 15.4. The van der Waals surface area contributed by atoms with Crippen LogP contribution in [0.25, 0.3) is 0 Å². The van der Waals surface area contributed by atoms with Gasteiger partial charge in [0, 0.05) is 19.3 Å². The third-order valence-corrected chi connectivity index (χ3v) is 3.78. The summed E-state index contributed by atoms with van der Waals surface area (Å²) in [5.74, 6) is -0.463. The van der Waals surface area contributed by atoms with Gasteiger partial charge in [-0.25, -0.2) is 13.1 Å². The number of hydrogen-bond acceptors (Lipinski definition) is 5. The Kier molecular flexibility index (Phi) is 5.31. The maximum atomic E-state index is 11.9. The number of carbonyl (C=O) groups is 1. The van der Waals surface area contributed by atoms with E-state index in [0.29, 0.717) is 13.1 Å². The number of aryl methyl sites for hydroxylation is 1. The second-order valence-electron chi connectivity index (χ2n) is 3.91. The van der Waals surface area contributed by atoms with Crippen LogP contribution in [0, 0.1) is 0 Å². The summed E-state index contributed by atoms with van der Waals surface area (Å²) in [6.45, 7) is 4.42. The normalized spacial score (nSPS) is 11.5. The van der Waals surface area contributed by atoms with E-state index in [1.807, 2.05) is 13.8 Å². The molecule has 0 spiro atoms. The minimum atomic E-state index is -3.82. The lowest BCUT2D eigenvalue weighted by molar-refractivity contribution is -0.119. The number of carbonyl (C=O) groups excluding carboxylic acids is 1. The molecule has 8 nitrogen and oxygen atoms in total. The molecule has 0 saturated heterocycles. The van der Waals surface area contributed by atoms with Crippen molar-refractivity contribution in [2.24, 2.45) is 0 Å². The van der Waals surface area contributed by atoms with Crippen molar-refractivity contribution < 1.29 is 13.2 Å². The molecule has 0 fully saturated rings. The Bertz CT molecular complexity index is 537. The minimum Gasteiger partial charge on any atom is -0.381 e. The summed E-state index contributed by atoms with van der Waals surface area (Å²) in [6.07, 6.45) is 2.12. The molecule has 0 bridgehead atoms. The van der Waals surface area contributed by atoms with Crippen LogP contribution in [0.15, 0.2) is 11.1 Å². The predicted octanol–water partition coefficient (Wildman–Crippen LogP) is -0.710. The number of nitrogens with two attached hydrogens (primary N) is 1. The van der Waals surface area contributed by atoms with Crippen LogP contribution in [-0.4, -0.2) is 37.2 Å². The molecule has 9 heteroatoms. The topological polar surface area (TPSA) is 119 Å². The molecule has 108 valence electrons. The number of hydrogen-bond donors (Lipinski definition) is 3. The second kappa shape index (κ2) is 6.53. The average Bonchev–Trinajstić information content (AvgIpc) is 2.76. The zero-order valence-electron chi connectivity index (χ0n) is 11.0. The molecule has 0 saturated carbocycles. The fourth-order valence-electron chi connectivity index (χ4n) is 1.35. The Labute approximate surface area is 112 Å². The minimum absolute atomic E-state index is 0.0803. The Morgan fingerprint density at radius 2 is 2.16 bits per heavy atom. The maximum Gasteiger partial charge on any atom is 0.246 e. The summed E-state index contributed by atoms with van der Waals surface area (Å²) in [5.41, 5.74) is 5.54. The number of sulfonamides is 1. The van der Waals surface area contributed by atoms with Crippen molar-refractivity contribution in [1.82, 2.24) is 19.8 Å². The van der Waals surface area contributed by atoms with Crippen LogP contribution in [0.1, 0.15) is 20.3 Å². The molecule has 1 heterocycles. The molecule has 0 atom stereocenters. The van der Waals surface area contributed by atoms with Gasteiger partial charge in [-0.1, -0.05) is 6.92 Å². The first-order chi connectivity index (χ1) is 8.90. The lowest BCUT2D eigenvalue weighted by atomic mass is 10.5. The highest BCUT2D eigenvalue weighted by Gasteiger charge is 2.21. The number of nitrogens with one attached hydrogen (secondary N) is 2. The molecule has 1 amide bonds. The van der Waals surface area contributed by atoms with Gasteiger partial charge in [-0.15, -0.1) is 0 Å². The van der Waals surface area contributed by atoms with Gasteiger partial charge in [-0.3, -0.25) is 9.48 Å². The highest BCUT2D eigenvalue weighted by Crippen LogP contribution is 2.15. The molecule has 0 aliphatic rings. The zero-order valence-corrected chi connectivity index (χ0v) is 11.8. The number of nitrogen functional groups attached to an aromatic ring is 1. The Balaban J connectivity index is 2.70. The summed E-state index contributed by atoms with van der Waals surface area (Å²) < 4.78 is 27.5. The van der Waals surface area contributed by atoms with E-state index in [1.165, 1.54) is 10.9 Å². The van der Waals surface area contributed by atoms with Crippen molar-refractivity contribution in [1.29, 1.82) is 0 Å². The van der Waals surface area contributed by atoms with E-state index in [1.54, 1.807) is 0 Å². The van der Waals surface area contributed by atoms with Gasteiger partial charge >= 0.3 is 0 Å². The van der Waals surface area contributed by atoms with E-state index in [9.17, 15) is 13.2 Å². The number of amides is 1. The van der Waals surface area contributed by atoms with Gasteiger partial charge in [-0.2, -0.15) is 5.10 Å². The smallest absolute Gasteiger partial charge is 0.246 e. The van der Waals surface area contributed by atoms with E-state index in [4.69, 9.17) is 5.73 Å². The highest BCUT2D eigenvalue weighted by atomic mass is 32.2. The quantitative estimate of drug-likeness (QED) is 0.612. The van der Waals surface area contributed by atoms with Crippen molar-refractivity contribution in [3.05, 3.63) is 6.20 Å². The van der Waals surface area contributed by atoms with Gasteiger partial charge < -0.3 is 11.1 Å². The largest absolute Gasteiger partial charge is 0.381 e. The molecule has 0 radical (unpaired) electrons. The lowest BCUT2D eigenvalue weighted by Gasteiger charge is -2.06. The summed E-state index contributed by atoms with van der Waals surface area (Å²) >= 11 is 0. The molecule has 0 aromatic carbocycles. The molecule has 1 aromatic rings. The fourth-order valence-corrected chi connectivity index (χ4v) is 2.41. The van der Waals surface area contributed by atoms with Crippen LogP contribution in [0.2, 0.25) is 0 Å². The Morgan fingerprint density at radius 1 is 1.47 bits per heavy atom. The van der Waals surface area contributed by atoms with E-state index >= 15 is 0 Å². The first-order valence-electron chi connectivity index (χ1n) is 6.00. The molecular formula is C10H19N5O3S. The first-order valence-corrected chi connectivity index (χ1v) is 7.48. The third kappa shape index (κ3) is 4.21. The Morgan fingerprint density at radius 3 is 2.68 bits per heavy atom. The van der Waals surface area contributed by atoms with Gasteiger partial charge in [0.05, 0.1) is 6.54 Å². The third-order valence-electron chi connectivity index (χ3n) is 2.36. The molecule has 0 aliphatic heterocycles. The molecular weight excluding hydrogens is 270 g/mol. The van der Waals surface area contributed by atoms with E-state index in [0.717, 1.165) is 6.42 Å². The predicted molar refractivity (Wildman–Crippen MR) is 70.8 cm³/mol. The second-order valence-corrected chi connectivity index (χ2v) is 5.64. The zero-order chi connectivity index (χ0) is 14.5. The fraction of sp³-hybridized carbons (Fsp3) is 0.600. The maximum absolute atomic E-state index is 11.9. The van der Waals surface area contributed by atoms with E-state index in [-0.39, 0.29) is 23.2 Å². The van der Waals surface area contributed by atoms with Crippen molar-refractivity contribution in [3.8, 4) is 0 Å². The van der Waals surface area contributed by atoms with Gasteiger partial charge in [0.1, 0.15) is 4.90 Å². The number of aromatic nitrogens is 2. The number of rotatable bonds is 7. The van der Waals surface area contributed by atoms with E-state index in [2.05, 4.69) is 15.1 Å². The van der Waals surface area contributed by atoms with Crippen LogP contribution < -0.4 is 15.8 Å². The van der Waals surface area contributed by atoms with Crippen LogP contribution in [0.4, 0.5) is 5.82 Å². The monoisotopic (exact) mass is 289 g/mol. The van der Waals surface area contributed by atoms with E-state index < -0.39 is 10.0 Å². The van der Waals surface area contributed by atoms with Gasteiger partial charge in [0.2, 0.25) is 15.9 Å². The van der Waals surface area contributed by atoms with Gasteiger partial charge in [0.15, 0.2) is 5.82 Å². The lowest BCUT2D eigenvalue weighted by Crippen LogP contribution is -2.37. The summed E-state index contributed by atoms with van der Waals surface area (Å²) in [4.78, 5) is 11.2. The summed E-state index contributed by atoms with van der Waals surface area (Å²) in [6, 6.07) is 0. The molecule has 0 aliphatic carbocycles. The van der Waals surface area contributed by atoms with Crippen LogP contribution in [-0.2, 0) is 21.4 Å². The molecule has 4 N–H and O–H groups in total. The van der Waals surface area contributed by atoms with Crippen LogP contribution in [0.5, 0.6) is 0 Å². The van der Waals surface area contributed by atoms with Gasteiger partial charge in [0.25, 0.3) is 0 Å². The molecule has 1 aromatic heterocycles. The van der Waals surface area contributed by atoms with Crippen LogP contribution in [0.3, 0.4) is 0 Å². The SMILES string of the molecule is CCCNC(=O)CNS(=O)(=O)c1cn(CC)nc1N. The molecule has 19 heavy (non-hydrogen) atoms. The van der Waals surface area contributed by atoms with Gasteiger partial charge in [-0.05, 0) is 13.3 Å². The summed E-state index contributed by atoms with van der Waals surface area (Å²) in [7, 11) is -3.82. The van der Waals surface area contributed by atoms with Crippen LogP contribution >= 0.6 is 0 Å². The Hall–Kier alpha value is -1.61. The summed E-state index contributed by atoms with van der Waals surface area (Å²) in [5, 5.41) is 6.42. The standard InChI is InChI=1S/C10H19N5O3S/c1-3-5-12-9(16)6-13-19(17,18)8-7-15(4-2)14-10(8)11/h7,13H,3-6H2,1-2H3,(H2,11,14)(H,12,16). The van der Waals surface area contributed by atoms with Crippen molar-refractivity contribution in [2.45, 2.75) is 31.7 Å². The number of anilines is 1. The van der Waals surface area contributed by atoms with Crippen molar-refractivity contribution in [2.75, 3.05) is 18.8 Å². The molecule has 0 unspecified atom stereocenters. The number of nitrogens with zero attached hydrogens (tertiary/aromatic N) is 2. The average molecular weight is 289 g/mol. The molecule has 1 rings (SSSR count). The highest BCUT2D eigenvalue weighted by molar-refractivity contribution is 7.89. The van der Waals surface area contributed by atoms with Crippen molar-refractivity contribution in [3.63, 3.8) is 0 Å². The van der Waals surface area contributed by atoms with Crippen molar-refractivity contribution >= 4 is 21.7 Å².